The first-order valence-corrected chi connectivity index (χ1v) is 13.2. The molecule has 7 nitrogen and oxygen atoms in total. The average Bonchev–Trinajstić information content (AvgIpc) is 2.65. The molecule has 5 rings (SSSR count). The Balaban J connectivity index is 1.32. The number of carbonyl (C=O) groups is 1. The Bertz CT molecular complexity index is 852. The smallest absolute Gasteiger partial charge is 0.427 e. The number of benzene rings is 1. The molecule has 4 bridgehead atoms. The zero-order chi connectivity index (χ0) is 22.1. The van der Waals surface area contributed by atoms with Gasteiger partial charge in [0.25, 0.3) is 10.1 Å². The Morgan fingerprint density at radius 3 is 2.16 bits per heavy atom. The van der Waals surface area contributed by atoms with E-state index in [0.29, 0.717) is 42.5 Å². The lowest BCUT2D eigenvalue weighted by molar-refractivity contribution is -0.135. The van der Waals surface area contributed by atoms with Crippen molar-refractivity contribution in [2.75, 3.05) is 36.7 Å². The van der Waals surface area contributed by atoms with Gasteiger partial charge in [-0.3, -0.25) is 4.18 Å². The SMILES string of the molecule is CS(=O)(=O)OCCN(CCCl)c1ccc(OC(=O)OC23CC4CC(CC(C4)C2)C3)cc1. The fraction of sp³-hybridized carbons (Fsp3) is 0.682. The molecule has 0 radical (unpaired) electrons. The third kappa shape index (κ3) is 5.84. The third-order valence-corrected chi connectivity index (χ3v) is 7.46. The van der Waals surface area contributed by atoms with E-state index in [0.717, 1.165) is 31.2 Å². The van der Waals surface area contributed by atoms with Crippen LogP contribution in [0.5, 0.6) is 5.75 Å². The van der Waals surface area contributed by atoms with Gasteiger partial charge in [-0.15, -0.1) is 11.6 Å². The van der Waals surface area contributed by atoms with Crippen LogP contribution in [0.25, 0.3) is 0 Å². The summed E-state index contributed by atoms with van der Waals surface area (Å²) in [5.41, 5.74) is 0.502. The minimum absolute atomic E-state index is 0.0331. The van der Waals surface area contributed by atoms with Gasteiger partial charge in [0.05, 0.1) is 12.9 Å². The molecular weight excluding hydrogens is 442 g/mol. The van der Waals surface area contributed by atoms with E-state index in [9.17, 15) is 13.2 Å². The van der Waals surface area contributed by atoms with Crippen molar-refractivity contribution in [3.05, 3.63) is 24.3 Å². The molecule has 4 saturated carbocycles. The summed E-state index contributed by atoms with van der Waals surface area (Å²) < 4.78 is 38.5. The molecular formula is C22H30ClNO6S. The van der Waals surface area contributed by atoms with E-state index in [1.54, 1.807) is 24.3 Å². The summed E-state index contributed by atoms with van der Waals surface area (Å²) in [6, 6.07) is 7.02. The van der Waals surface area contributed by atoms with Crippen molar-refractivity contribution in [1.29, 1.82) is 0 Å². The molecule has 9 heteroatoms. The summed E-state index contributed by atoms with van der Waals surface area (Å²) in [6.07, 6.45) is 7.15. The standard InChI is InChI=1S/C22H30ClNO6S/c1-31(26,27)28-9-8-24(7-6-23)19-2-4-20(5-3-19)29-21(25)30-22-13-16-10-17(14-22)12-18(11-16)15-22/h2-5,16-18H,6-15H2,1H3. The molecule has 4 aliphatic rings. The Morgan fingerprint density at radius 1 is 1.06 bits per heavy atom. The molecule has 0 unspecified atom stereocenters. The summed E-state index contributed by atoms with van der Waals surface area (Å²) in [7, 11) is -3.49. The van der Waals surface area contributed by atoms with Crippen LogP contribution in [0.1, 0.15) is 38.5 Å². The maximum absolute atomic E-state index is 12.5. The van der Waals surface area contributed by atoms with Gasteiger partial charge in [-0.25, -0.2) is 4.79 Å². The zero-order valence-corrected chi connectivity index (χ0v) is 19.4. The second-order valence-corrected chi connectivity index (χ2v) is 11.3. The zero-order valence-electron chi connectivity index (χ0n) is 17.8. The Kier molecular flexibility index (Phi) is 6.70. The first kappa shape index (κ1) is 22.7. The highest BCUT2D eigenvalue weighted by Gasteiger charge is 2.53. The van der Waals surface area contributed by atoms with Crippen LogP contribution in [0.4, 0.5) is 10.5 Å². The van der Waals surface area contributed by atoms with Gasteiger partial charge in [0, 0.05) is 24.7 Å². The maximum Gasteiger partial charge on any atom is 0.514 e. The van der Waals surface area contributed by atoms with Crippen molar-refractivity contribution < 1.29 is 26.9 Å². The molecule has 0 saturated heterocycles. The van der Waals surface area contributed by atoms with E-state index in [2.05, 4.69) is 0 Å². The van der Waals surface area contributed by atoms with Crippen LogP contribution in [-0.2, 0) is 19.0 Å². The molecule has 0 amide bonds. The van der Waals surface area contributed by atoms with Crippen LogP contribution >= 0.6 is 11.6 Å². The van der Waals surface area contributed by atoms with Crippen molar-refractivity contribution in [1.82, 2.24) is 0 Å². The Labute approximate surface area is 189 Å². The normalized spacial score (nSPS) is 29.0. The molecule has 0 spiro atoms. The minimum atomic E-state index is -3.49. The lowest BCUT2D eigenvalue weighted by Crippen LogP contribution is -2.53. The highest BCUT2D eigenvalue weighted by Crippen LogP contribution is 2.57. The number of nitrogens with zero attached hydrogens (tertiary/aromatic N) is 1. The molecule has 1 aromatic carbocycles. The van der Waals surface area contributed by atoms with Gasteiger partial charge in [-0.2, -0.15) is 8.42 Å². The number of carbonyl (C=O) groups excluding carboxylic acids is 1. The molecule has 0 atom stereocenters. The lowest BCUT2D eigenvalue weighted by Gasteiger charge is -2.55. The maximum atomic E-state index is 12.5. The van der Waals surface area contributed by atoms with Gasteiger partial charge in [0.1, 0.15) is 11.4 Å². The second kappa shape index (κ2) is 9.16. The predicted molar refractivity (Wildman–Crippen MR) is 118 cm³/mol. The van der Waals surface area contributed by atoms with Crippen molar-refractivity contribution >= 4 is 33.6 Å². The van der Waals surface area contributed by atoms with Crippen molar-refractivity contribution in [2.45, 2.75) is 44.1 Å². The molecule has 4 aliphatic carbocycles. The van der Waals surface area contributed by atoms with Crippen molar-refractivity contribution in [3.8, 4) is 5.75 Å². The number of anilines is 1. The molecule has 31 heavy (non-hydrogen) atoms. The highest BCUT2D eigenvalue weighted by atomic mass is 35.5. The number of ether oxygens (including phenoxy) is 2. The van der Waals surface area contributed by atoms with Gasteiger partial charge in [0.2, 0.25) is 0 Å². The number of hydrogen-bond donors (Lipinski definition) is 0. The summed E-state index contributed by atoms with van der Waals surface area (Å²) in [4.78, 5) is 14.4. The topological polar surface area (TPSA) is 82.1 Å². The van der Waals surface area contributed by atoms with Crippen molar-refractivity contribution in [2.24, 2.45) is 17.8 Å². The number of alkyl halides is 1. The van der Waals surface area contributed by atoms with Crippen LogP contribution in [0.15, 0.2) is 24.3 Å². The average molecular weight is 472 g/mol. The molecule has 0 aliphatic heterocycles. The highest BCUT2D eigenvalue weighted by molar-refractivity contribution is 7.85. The Hall–Kier alpha value is -1.51. The molecule has 0 heterocycles. The van der Waals surface area contributed by atoms with Crippen LogP contribution in [-0.4, -0.2) is 52.0 Å². The first-order chi connectivity index (χ1) is 14.7. The number of rotatable bonds is 9. The monoisotopic (exact) mass is 471 g/mol. The largest absolute Gasteiger partial charge is 0.514 e. The fourth-order valence-corrected chi connectivity index (χ4v) is 6.53. The van der Waals surface area contributed by atoms with E-state index in [1.165, 1.54) is 19.3 Å². The van der Waals surface area contributed by atoms with E-state index < -0.39 is 16.3 Å². The number of hydrogen-bond acceptors (Lipinski definition) is 7. The van der Waals surface area contributed by atoms with Gasteiger partial charge in [-0.05, 0) is 80.5 Å². The van der Waals surface area contributed by atoms with Gasteiger partial charge in [0.15, 0.2) is 0 Å². The molecule has 0 aromatic heterocycles. The quantitative estimate of drug-likeness (QED) is 0.231. The van der Waals surface area contributed by atoms with Crippen LogP contribution in [0.2, 0.25) is 0 Å². The first-order valence-electron chi connectivity index (χ1n) is 10.9. The minimum Gasteiger partial charge on any atom is -0.427 e. The van der Waals surface area contributed by atoms with Gasteiger partial charge < -0.3 is 14.4 Å². The van der Waals surface area contributed by atoms with Crippen molar-refractivity contribution in [3.63, 3.8) is 0 Å². The summed E-state index contributed by atoms with van der Waals surface area (Å²) in [5, 5.41) is 0. The molecule has 172 valence electrons. The van der Waals surface area contributed by atoms with Gasteiger partial charge in [-0.1, -0.05) is 0 Å². The van der Waals surface area contributed by atoms with E-state index in [-0.39, 0.29) is 12.2 Å². The molecule has 4 fully saturated rings. The molecule has 0 N–H and O–H groups in total. The second-order valence-electron chi connectivity index (χ2n) is 9.25. The lowest BCUT2D eigenvalue weighted by atomic mass is 9.54. The summed E-state index contributed by atoms with van der Waals surface area (Å²) in [5.74, 6) is 2.87. The fourth-order valence-electron chi connectivity index (χ4n) is 5.95. The van der Waals surface area contributed by atoms with Crippen LogP contribution in [0, 0.1) is 17.8 Å². The third-order valence-electron chi connectivity index (χ3n) is 6.70. The Morgan fingerprint density at radius 2 is 1.65 bits per heavy atom. The van der Waals surface area contributed by atoms with Crippen LogP contribution < -0.4 is 9.64 Å². The van der Waals surface area contributed by atoms with E-state index >= 15 is 0 Å². The molecule has 1 aromatic rings. The summed E-state index contributed by atoms with van der Waals surface area (Å²) >= 11 is 5.88. The van der Waals surface area contributed by atoms with Crippen LogP contribution in [0.3, 0.4) is 0 Å². The van der Waals surface area contributed by atoms with E-state index in [1.807, 2.05) is 4.90 Å². The van der Waals surface area contributed by atoms with Gasteiger partial charge >= 0.3 is 6.16 Å². The van der Waals surface area contributed by atoms with E-state index in [4.69, 9.17) is 25.3 Å². The predicted octanol–water partition coefficient (Wildman–Crippen LogP) is 4.19. The summed E-state index contributed by atoms with van der Waals surface area (Å²) in [6.45, 7) is 0.933. The number of halogens is 1.